The van der Waals surface area contributed by atoms with Crippen LogP contribution in [0.5, 0.6) is 0 Å². The highest BCUT2D eigenvalue weighted by atomic mass is 32.2. The van der Waals surface area contributed by atoms with Crippen LogP contribution in [-0.2, 0) is 14.8 Å². The molecule has 0 radical (unpaired) electrons. The summed E-state index contributed by atoms with van der Waals surface area (Å²) in [6.07, 6.45) is 8.20. The molecule has 2 saturated heterocycles. The minimum Gasteiger partial charge on any atom is -0.379 e. The molecule has 4 heterocycles. The first-order valence-corrected chi connectivity index (χ1v) is 15.5. The predicted molar refractivity (Wildman–Crippen MR) is 152 cm³/mol. The Kier molecular flexibility index (Phi) is 9.06. The maximum Gasteiger partial charge on any atom is 0.245 e. The summed E-state index contributed by atoms with van der Waals surface area (Å²) in [6, 6.07) is 14.2. The zero-order valence-corrected chi connectivity index (χ0v) is 23.7. The van der Waals surface area contributed by atoms with Crippen molar-refractivity contribution in [3.05, 3.63) is 55.0 Å². The van der Waals surface area contributed by atoms with Gasteiger partial charge in [-0.1, -0.05) is 18.2 Å². The number of nitriles is 1. The summed E-state index contributed by atoms with van der Waals surface area (Å²) < 4.78 is 33.5. The molecule has 0 saturated carbocycles. The Morgan fingerprint density at radius 1 is 1.12 bits per heavy atom. The second-order valence-corrected chi connectivity index (χ2v) is 12.4. The van der Waals surface area contributed by atoms with Gasteiger partial charge < -0.3 is 4.74 Å². The molecule has 2 aliphatic rings. The van der Waals surface area contributed by atoms with Gasteiger partial charge in [-0.05, 0) is 50.3 Å². The number of para-hydroxylation sites is 1. The summed E-state index contributed by atoms with van der Waals surface area (Å²) in [5.41, 5.74) is 2.58. The fourth-order valence-electron chi connectivity index (χ4n) is 5.39. The number of aromatic nitrogens is 4. The number of sulfonamides is 1. The fraction of sp³-hybridized carbons (Fsp3) is 0.500. The van der Waals surface area contributed by atoms with Gasteiger partial charge in [0.05, 0.1) is 55.1 Å². The molecule has 212 valence electrons. The van der Waals surface area contributed by atoms with Crippen LogP contribution in [0.2, 0.25) is 0 Å². The Hall–Kier alpha value is -3.37. The minimum atomic E-state index is -3.16. The molecule has 0 aliphatic carbocycles. The molecule has 0 spiro atoms. The Morgan fingerprint density at radius 2 is 1.88 bits per heavy atom. The Morgan fingerprint density at radius 3 is 2.58 bits per heavy atom. The topological polar surface area (TPSA) is 120 Å². The third-order valence-electron chi connectivity index (χ3n) is 7.64. The van der Waals surface area contributed by atoms with E-state index in [1.807, 2.05) is 52.3 Å². The number of ether oxygens (including phenoxy) is 1. The molecule has 12 heteroatoms. The van der Waals surface area contributed by atoms with E-state index in [1.54, 1.807) is 23.6 Å². The van der Waals surface area contributed by atoms with E-state index >= 15 is 0 Å². The van der Waals surface area contributed by atoms with Gasteiger partial charge in [-0.3, -0.25) is 4.68 Å². The van der Waals surface area contributed by atoms with Gasteiger partial charge in [0, 0.05) is 44.1 Å². The van der Waals surface area contributed by atoms with Gasteiger partial charge in [0.25, 0.3) is 0 Å². The minimum absolute atomic E-state index is 0.0893. The van der Waals surface area contributed by atoms with Crippen LogP contribution in [-0.4, -0.2) is 82.6 Å². The first-order valence-electron chi connectivity index (χ1n) is 13.9. The van der Waals surface area contributed by atoms with Gasteiger partial charge in [0.2, 0.25) is 16.0 Å². The largest absolute Gasteiger partial charge is 0.379 e. The summed E-state index contributed by atoms with van der Waals surface area (Å²) in [4.78, 5) is 9.53. The molecule has 0 N–H and O–H groups in total. The van der Waals surface area contributed by atoms with Crippen LogP contribution in [0.25, 0.3) is 11.3 Å². The summed E-state index contributed by atoms with van der Waals surface area (Å²) >= 11 is 0. The van der Waals surface area contributed by atoms with Crippen molar-refractivity contribution in [1.82, 2.24) is 29.1 Å². The third-order valence-corrected chi connectivity index (χ3v) is 9.52. The maximum atomic E-state index is 12.2. The summed E-state index contributed by atoms with van der Waals surface area (Å²) in [6.45, 7) is 5.51. The third kappa shape index (κ3) is 6.50. The van der Waals surface area contributed by atoms with Gasteiger partial charge >= 0.3 is 0 Å². The van der Waals surface area contributed by atoms with E-state index < -0.39 is 10.0 Å². The number of anilines is 2. The smallest absolute Gasteiger partial charge is 0.245 e. The molecule has 1 aromatic carbocycles. The molecular weight excluding hydrogens is 528 g/mol. The number of benzene rings is 1. The van der Waals surface area contributed by atoms with E-state index in [9.17, 15) is 13.7 Å². The lowest BCUT2D eigenvalue weighted by Gasteiger charge is -2.37. The lowest BCUT2D eigenvalue weighted by atomic mass is 9.90. The molecule has 0 amide bonds. The van der Waals surface area contributed by atoms with Crippen molar-refractivity contribution in [2.75, 3.05) is 50.2 Å². The van der Waals surface area contributed by atoms with Crippen LogP contribution >= 0.6 is 0 Å². The molecule has 2 aromatic heterocycles. The standard InChI is InChI=1S/C28H36N8O3S/c1-2-40(37,38)34-14-10-23(11-15-34)20-26(8-12-29)35-22-24(21-31-35)27-9-13-30-28(32-27)36(25-6-4-3-5-7-25)33-16-18-39-19-17-33/h3-7,9,13,21-23,26H,2,8,10-11,14-20H2,1H3. The lowest BCUT2D eigenvalue weighted by Crippen LogP contribution is -2.47. The number of hydrogen-bond acceptors (Lipinski definition) is 9. The van der Waals surface area contributed by atoms with E-state index in [4.69, 9.17) is 9.72 Å². The average molecular weight is 565 g/mol. The van der Waals surface area contributed by atoms with E-state index in [1.165, 1.54) is 0 Å². The lowest BCUT2D eigenvalue weighted by molar-refractivity contribution is 0.0371. The number of hydrazine groups is 1. The van der Waals surface area contributed by atoms with Crippen molar-refractivity contribution >= 4 is 21.7 Å². The number of nitrogens with zero attached hydrogens (tertiary/aromatic N) is 8. The van der Waals surface area contributed by atoms with E-state index in [0.717, 1.165) is 49.3 Å². The summed E-state index contributed by atoms with van der Waals surface area (Å²) in [5, 5.41) is 18.4. The monoisotopic (exact) mass is 564 g/mol. The van der Waals surface area contributed by atoms with Crippen LogP contribution < -0.4 is 5.01 Å². The van der Waals surface area contributed by atoms with Crippen LogP contribution in [0.1, 0.15) is 38.6 Å². The molecular formula is C28H36N8O3S. The predicted octanol–water partition coefficient (Wildman–Crippen LogP) is 3.63. The number of hydrogen-bond donors (Lipinski definition) is 0. The van der Waals surface area contributed by atoms with Crippen molar-refractivity contribution < 1.29 is 13.2 Å². The number of piperidine rings is 1. The van der Waals surface area contributed by atoms with Crippen molar-refractivity contribution in [1.29, 1.82) is 5.26 Å². The highest BCUT2D eigenvalue weighted by molar-refractivity contribution is 7.89. The zero-order chi connectivity index (χ0) is 28.0. The molecule has 2 fully saturated rings. The van der Waals surface area contributed by atoms with Crippen molar-refractivity contribution in [2.24, 2.45) is 5.92 Å². The molecule has 1 unspecified atom stereocenters. The number of morpholine rings is 1. The highest BCUT2D eigenvalue weighted by Gasteiger charge is 2.29. The van der Waals surface area contributed by atoms with Gasteiger partial charge in [-0.25, -0.2) is 32.7 Å². The molecule has 5 rings (SSSR count). The maximum absolute atomic E-state index is 12.2. The Balaban J connectivity index is 1.33. The van der Waals surface area contributed by atoms with Gasteiger partial charge in [-0.2, -0.15) is 10.4 Å². The van der Waals surface area contributed by atoms with Crippen LogP contribution in [0, 0.1) is 17.2 Å². The second kappa shape index (κ2) is 12.9. The highest BCUT2D eigenvalue weighted by Crippen LogP contribution is 2.31. The molecule has 40 heavy (non-hydrogen) atoms. The second-order valence-electron chi connectivity index (χ2n) is 10.2. The van der Waals surface area contributed by atoms with Crippen LogP contribution in [0.15, 0.2) is 55.0 Å². The van der Waals surface area contributed by atoms with Crippen molar-refractivity contribution in [3.8, 4) is 17.3 Å². The van der Waals surface area contributed by atoms with Crippen LogP contribution in [0.3, 0.4) is 0 Å². The number of rotatable bonds is 10. The van der Waals surface area contributed by atoms with Crippen molar-refractivity contribution in [2.45, 2.75) is 38.6 Å². The summed E-state index contributed by atoms with van der Waals surface area (Å²) in [7, 11) is -3.16. The SMILES string of the molecule is CCS(=O)(=O)N1CCC(CC(CC#N)n2cc(-c3ccnc(N(c4ccccc4)N4CCOCC4)n3)cn2)CC1. The quantitative estimate of drug-likeness (QED) is 0.363. The molecule has 2 aliphatic heterocycles. The van der Waals surface area contributed by atoms with Crippen molar-refractivity contribution in [3.63, 3.8) is 0 Å². The molecule has 0 bridgehead atoms. The first-order chi connectivity index (χ1) is 19.5. The molecule has 3 aromatic rings. The van der Waals surface area contributed by atoms with E-state index in [0.29, 0.717) is 44.6 Å². The molecule has 11 nitrogen and oxygen atoms in total. The summed E-state index contributed by atoms with van der Waals surface area (Å²) in [5.74, 6) is 1.04. The van der Waals surface area contributed by atoms with Gasteiger partial charge in [0.1, 0.15) is 0 Å². The van der Waals surface area contributed by atoms with Gasteiger partial charge in [-0.15, -0.1) is 0 Å². The Bertz CT molecular complexity index is 1390. The molecule has 1 atom stereocenters. The zero-order valence-electron chi connectivity index (χ0n) is 22.8. The normalized spacial score (nSPS) is 18.3. The fourth-order valence-corrected chi connectivity index (χ4v) is 6.52. The first kappa shape index (κ1) is 28.2. The average Bonchev–Trinajstić information content (AvgIpc) is 3.49. The van der Waals surface area contributed by atoms with Crippen LogP contribution in [0.4, 0.5) is 11.6 Å². The van der Waals surface area contributed by atoms with E-state index in [-0.39, 0.29) is 11.8 Å². The van der Waals surface area contributed by atoms with Gasteiger partial charge in [0.15, 0.2) is 0 Å². The van der Waals surface area contributed by atoms with E-state index in [2.05, 4.69) is 21.2 Å². The Labute approximate surface area is 236 Å².